The van der Waals surface area contributed by atoms with Crippen LogP contribution >= 0.6 is 11.8 Å². The highest BCUT2D eigenvalue weighted by molar-refractivity contribution is 7.98. The first-order chi connectivity index (χ1) is 8.17. The van der Waals surface area contributed by atoms with Crippen molar-refractivity contribution in [2.24, 2.45) is 5.92 Å². The quantitative estimate of drug-likeness (QED) is 0.780. The molecule has 17 heavy (non-hydrogen) atoms. The average Bonchev–Trinajstić information content (AvgIpc) is 2.36. The Labute approximate surface area is 105 Å². The van der Waals surface area contributed by atoms with Gasteiger partial charge in [0.25, 0.3) is 0 Å². The molecule has 1 atom stereocenters. The second-order valence-corrected chi connectivity index (χ2v) is 4.65. The Balaban J connectivity index is 2.48. The second-order valence-electron chi connectivity index (χ2n) is 3.74. The lowest BCUT2D eigenvalue weighted by molar-refractivity contribution is 0.0593. The van der Waals surface area contributed by atoms with Crippen molar-refractivity contribution in [2.45, 2.75) is 6.92 Å². The zero-order valence-corrected chi connectivity index (χ0v) is 11.1. The first-order valence-corrected chi connectivity index (χ1v) is 6.71. The summed E-state index contributed by atoms with van der Waals surface area (Å²) < 4.78 is 4.54. The molecule has 0 aliphatic rings. The summed E-state index contributed by atoms with van der Waals surface area (Å²) >= 11 is 1.82. The summed E-state index contributed by atoms with van der Waals surface area (Å²) in [4.78, 5) is 11.1. The van der Waals surface area contributed by atoms with Gasteiger partial charge in [-0.1, -0.05) is 6.92 Å². The van der Waals surface area contributed by atoms with E-state index in [2.05, 4.69) is 33.4 Å². The van der Waals surface area contributed by atoms with Crippen LogP contribution in [0.1, 0.15) is 17.4 Å². The number of ether oxygens (including phenoxy) is 1. The molecule has 1 unspecified atom stereocenters. The van der Waals surface area contributed by atoms with E-state index in [1.165, 1.54) is 7.11 Å². The molecule has 0 radical (unpaired) electrons. The van der Waals surface area contributed by atoms with E-state index in [1.54, 1.807) is 12.1 Å². The van der Waals surface area contributed by atoms with Gasteiger partial charge in [0.15, 0.2) is 5.69 Å². The molecular weight excluding hydrogens is 238 g/mol. The van der Waals surface area contributed by atoms with Crippen LogP contribution in [0.2, 0.25) is 0 Å². The van der Waals surface area contributed by atoms with Gasteiger partial charge in [-0.25, -0.2) is 4.79 Å². The number of aromatic nitrogens is 2. The highest BCUT2D eigenvalue weighted by Crippen LogP contribution is 2.07. The number of hydrogen-bond donors (Lipinski definition) is 1. The number of nitrogens with zero attached hydrogens (tertiary/aromatic N) is 2. The Morgan fingerprint density at radius 2 is 2.29 bits per heavy atom. The fourth-order valence-corrected chi connectivity index (χ4v) is 1.95. The first-order valence-electron chi connectivity index (χ1n) is 5.32. The highest BCUT2D eigenvalue weighted by atomic mass is 32.2. The summed E-state index contributed by atoms with van der Waals surface area (Å²) in [6.07, 6.45) is 2.08. The van der Waals surface area contributed by atoms with Crippen molar-refractivity contribution in [3.63, 3.8) is 0 Å². The highest BCUT2D eigenvalue weighted by Gasteiger charge is 2.07. The van der Waals surface area contributed by atoms with Crippen LogP contribution in [0.4, 0.5) is 5.82 Å². The number of rotatable bonds is 6. The summed E-state index contributed by atoms with van der Waals surface area (Å²) in [5.41, 5.74) is 0.218. The normalized spacial score (nSPS) is 11.9. The standard InChI is InChI=1S/C11H17N3O2S/c1-8(7-17-3)6-12-10-5-4-9(13-14-10)11(15)16-2/h4-5,8H,6-7H2,1-3H3,(H,12,14). The van der Waals surface area contributed by atoms with Crippen molar-refractivity contribution in [1.82, 2.24) is 10.2 Å². The van der Waals surface area contributed by atoms with Gasteiger partial charge in [-0.15, -0.1) is 10.2 Å². The summed E-state index contributed by atoms with van der Waals surface area (Å²) in [5, 5.41) is 10.9. The Morgan fingerprint density at radius 1 is 1.53 bits per heavy atom. The number of hydrogen-bond acceptors (Lipinski definition) is 6. The fourth-order valence-electron chi connectivity index (χ4n) is 1.26. The molecule has 5 nitrogen and oxygen atoms in total. The molecule has 1 aromatic heterocycles. The maximum Gasteiger partial charge on any atom is 0.358 e. The van der Waals surface area contributed by atoms with E-state index in [1.807, 2.05) is 11.8 Å². The first kappa shape index (κ1) is 13.8. The Bertz CT molecular complexity index is 356. The van der Waals surface area contributed by atoms with Gasteiger partial charge < -0.3 is 10.1 Å². The van der Waals surface area contributed by atoms with E-state index in [-0.39, 0.29) is 5.69 Å². The molecule has 0 saturated heterocycles. The summed E-state index contributed by atoms with van der Waals surface area (Å²) in [5.74, 6) is 1.86. The smallest absolute Gasteiger partial charge is 0.358 e. The molecule has 0 spiro atoms. The van der Waals surface area contributed by atoms with Gasteiger partial charge in [0.1, 0.15) is 5.82 Å². The molecule has 1 heterocycles. The fraction of sp³-hybridized carbons (Fsp3) is 0.545. The number of thioether (sulfide) groups is 1. The van der Waals surface area contributed by atoms with E-state index in [0.29, 0.717) is 11.7 Å². The van der Waals surface area contributed by atoms with Crippen LogP contribution < -0.4 is 5.32 Å². The Hall–Kier alpha value is -1.30. The zero-order valence-electron chi connectivity index (χ0n) is 10.3. The molecule has 0 fully saturated rings. The van der Waals surface area contributed by atoms with Gasteiger partial charge in [-0.2, -0.15) is 11.8 Å². The van der Waals surface area contributed by atoms with Crippen molar-refractivity contribution in [3.8, 4) is 0 Å². The van der Waals surface area contributed by atoms with Crippen LogP contribution in [0.15, 0.2) is 12.1 Å². The van der Waals surface area contributed by atoms with E-state index in [0.717, 1.165) is 12.3 Å². The maximum absolute atomic E-state index is 11.1. The van der Waals surface area contributed by atoms with Gasteiger partial charge in [-0.05, 0) is 30.1 Å². The zero-order chi connectivity index (χ0) is 12.7. The second kappa shape index (κ2) is 7.11. The third kappa shape index (κ3) is 4.60. The molecule has 0 amide bonds. The minimum atomic E-state index is -0.472. The lowest BCUT2D eigenvalue weighted by atomic mass is 10.2. The average molecular weight is 255 g/mol. The number of esters is 1. The van der Waals surface area contributed by atoms with Crippen LogP contribution in [0.5, 0.6) is 0 Å². The molecule has 6 heteroatoms. The van der Waals surface area contributed by atoms with Crippen LogP contribution in [0, 0.1) is 5.92 Å². The Morgan fingerprint density at radius 3 is 2.82 bits per heavy atom. The topological polar surface area (TPSA) is 64.1 Å². The molecule has 0 bridgehead atoms. The van der Waals surface area contributed by atoms with E-state index in [9.17, 15) is 4.79 Å². The number of anilines is 1. The van der Waals surface area contributed by atoms with Crippen molar-refractivity contribution in [2.75, 3.05) is 31.0 Å². The predicted octanol–water partition coefficient (Wildman–Crippen LogP) is 1.67. The number of nitrogens with one attached hydrogen (secondary N) is 1. The van der Waals surface area contributed by atoms with Gasteiger partial charge >= 0.3 is 5.97 Å². The van der Waals surface area contributed by atoms with Crippen molar-refractivity contribution < 1.29 is 9.53 Å². The molecule has 0 aliphatic heterocycles. The third-order valence-electron chi connectivity index (χ3n) is 2.14. The van der Waals surface area contributed by atoms with E-state index < -0.39 is 5.97 Å². The van der Waals surface area contributed by atoms with Crippen LogP contribution in [-0.4, -0.2) is 41.8 Å². The molecular formula is C11H17N3O2S. The van der Waals surface area contributed by atoms with E-state index >= 15 is 0 Å². The molecule has 0 aromatic carbocycles. The van der Waals surface area contributed by atoms with Crippen molar-refractivity contribution in [1.29, 1.82) is 0 Å². The monoisotopic (exact) mass is 255 g/mol. The van der Waals surface area contributed by atoms with Crippen LogP contribution in [0.25, 0.3) is 0 Å². The number of carbonyl (C=O) groups is 1. The minimum Gasteiger partial charge on any atom is -0.464 e. The predicted molar refractivity (Wildman–Crippen MR) is 69.4 cm³/mol. The molecule has 1 rings (SSSR count). The SMILES string of the molecule is COC(=O)c1ccc(NCC(C)CSC)nn1. The van der Waals surface area contributed by atoms with Crippen LogP contribution in [-0.2, 0) is 4.74 Å². The minimum absolute atomic E-state index is 0.218. The number of carbonyl (C=O) groups excluding carboxylic acids is 1. The molecule has 1 N–H and O–H groups in total. The molecule has 1 aromatic rings. The van der Waals surface area contributed by atoms with E-state index in [4.69, 9.17) is 0 Å². The third-order valence-corrected chi connectivity index (χ3v) is 3.04. The summed E-state index contributed by atoms with van der Waals surface area (Å²) in [7, 11) is 1.32. The number of methoxy groups -OCH3 is 1. The summed E-state index contributed by atoms with van der Waals surface area (Å²) in [6, 6.07) is 3.32. The molecule has 94 valence electrons. The van der Waals surface area contributed by atoms with Crippen molar-refractivity contribution in [3.05, 3.63) is 17.8 Å². The summed E-state index contributed by atoms with van der Waals surface area (Å²) in [6.45, 7) is 3.01. The Kier molecular flexibility index (Phi) is 5.76. The van der Waals surface area contributed by atoms with Gasteiger partial charge in [0.05, 0.1) is 7.11 Å². The molecule has 0 saturated carbocycles. The lowest BCUT2D eigenvalue weighted by Crippen LogP contribution is -2.15. The van der Waals surface area contributed by atoms with Gasteiger partial charge in [0.2, 0.25) is 0 Å². The van der Waals surface area contributed by atoms with Crippen molar-refractivity contribution >= 4 is 23.5 Å². The largest absolute Gasteiger partial charge is 0.464 e. The maximum atomic E-state index is 11.1. The lowest BCUT2D eigenvalue weighted by Gasteiger charge is -2.11. The molecule has 0 aliphatic carbocycles. The van der Waals surface area contributed by atoms with Gasteiger partial charge in [0, 0.05) is 6.54 Å². The van der Waals surface area contributed by atoms with Gasteiger partial charge in [-0.3, -0.25) is 0 Å². The van der Waals surface area contributed by atoms with Crippen LogP contribution in [0.3, 0.4) is 0 Å².